The van der Waals surface area contributed by atoms with Gasteiger partial charge < -0.3 is 20.4 Å². The number of amides is 1. The number of carbonyl (C=O) groups is 1. The summed E-state index contributed by atoms with van der Waals surface area (Å²) in [5.74, 6) is -6.14. The number of nitrogens with one attached hydrogen (secondary N) is 1. The predicted molar refractivity (Wildman–Crippen MR) is 128 cm³/mol. The maximum absolute atomic E-state index is 14.0. The van der Waals surface area contributed by atoms with E-state index in [1.165, 1.54) is 18.2 Å². The Morgan fingerprint density at radius 3 is 2.33 bits per heavy atom. The Labute approximate surface area is 207 Å². The topological polar surface area (TPSA) is 107 Å². The van der Waals surface area contributed by atoms with Gasteiger partial charge in [0.2, 0.25) is 0 Å². The van der Waals surface area contributed by atoms with Crippen molar-refractivity contribution in [1.82, 2.24) is 0 Å². The predicted octanol–water partition coefficient (Wildman–Crippen LogP) is 3.35. The van der Waals surface area contributed by atoms with Crippen molar-refractivity contribution in [3.63, 3.8) is 0 Å². The highest BCUT2D eigenvalue weighted by Gasteiger charge is 2.56. The first-order valence-corrected chi connectivity index (χ1v) is 13.2. The van der Waals surface area contributed by atoms with E-state index in [0.717, 1.165) is 0 Å². The number of nitrogens with zero attached hydrogens (tertiary/aromatic N) is 1. The smallest absolute Gasteiger partial charge is 0.255 e. The van der Waals surface area contributed by atoms with Gasteiger partial charge in [-0.15, -0.1) is 0 Å². The summed E-state index contributed by atoms with van der Waals surface area (Å²) in [6.07, 6.45) is 0.910. The fourth-order valence-corrected chi connectivity index (χ4v) is 8.49. The van der Waals surface area contributed by atoms with Crippen molar-refractivity contribution in [1.29, 1.82) is 0 Å². The van der Waals surface area contributed by atoms with Crippen molar-refractivity contribution in [2.24, 2.45) is 17.8 Å². The molecule has 0 heterocycles. The number of aliphatic hydroxyl groups is 2. The number of aliphatic hydroxyl groups excluding tert-OH is 1. The fourth-order valence-electron chi connectivity index (χ4n) is 5.83. The van der Waals surface area contributed by atoms with Crippen LogP contribution in [-0.2, 0) is 9.84 Å². The lowest BCUT2D eigenvalue weighted by atomic mass is 9.76. The Balaban J connectivity index is 1.71. The minimum Gasteiger partial charge on any atom is -0.393 e. The highest BCUT2D eigenvalue weighted by atomic mass is 32.2. The maximum Gasteiger partial charge on any atom is 0.255 e. The van der Waals surface area contributed by atoms with Crippen LogP contribution in [0.3, 0.4) is 0 Å². The lowest BCUT2D eigenvalue weighted by Crippen LogP contribution is -2.48. The van der Waals surface area contributed by atoms with Gasteiger partial charge in [-0.3, -0.25) is 4.79 Å². The van der Waals surface area contributed by atoms with Crippen LogP contribution >= 0.6 is 0 Å². The zero-order chi connectivity index (χ0) is 26.6. The molecule has 0 aromatic heterocycles. The highest BCUT2D eigenvalue weighted by molar-refractivity contribution is 7.92. The summed E-state index contributed by atoms with van der Waals surface area (Å²) >= 11 is 0. The molecule has 0 saturated heterocycles. The van der Waals surface area contributed by atoms with Gasteiger partial charge in [-0.2, -0.15) is 0 Å². The quantitative estimate of drug-likeness (QED) is 0.499. The molecule has 2 aromatic rings. The second kappa shape index (κ2) is 9.35. The lowest BCUT2D eigenvalue weighted by molar-refractivity contribution is -0.0614. The Morgan fingerprint density at radius 1 is 1.14 bits per heavy atom. The number of anilines is 2. The average molecular weight is 527 g/mol. The molecular weight excluding hydrogens is 497 g/mol. The van der Waals surface area contributed by atoms with E-state index in [-0.39, 0.29) is 46.7 Å². The molecule has 7 nitrogen and oxygen atoms in total. The second-order valence-electron chi connectivity index (χ2n) is 10.2. The van der Waals surface area contributed by atoms with Crippen molar-refractivity contribution in [3.8, 4) is 0 Å². The molecule has 0 radical (unpaired) electrons. The van der Waals surface area contributed by atoms with Gasteiger partial charge in [0, 0.05) is 37.5 Å². The lowest BCUT2D eigenvalue weighted by Gasteiger charge is -2.40. The Morgan fingerprint density at radius 2 is 1.78 bits per heavy atom. The largest absolute Gasteiger partial charge is 0.393 e. The molecule has 2 aliphatic carbocycles. The maximum atomic E-state index is 14.0. The van der Waals surface area contributed by atoms with Gasteiger partial charge in [-0.25, -0.2) is 21.6 Å². The molecule has 2 bridgehead atoms. The van der Waals surface area contributed by atoms with Gasteiger partial charge in [0.1, 0.15) is 0 Å². The van der Waals surface area contributed by atoms with Crippen molar-refractivity contribution < 1.29 is 36.6 Å². The number of benzene rings is 2. The SMILES string of the molecule is C[C@H]1CC2C[C@](O)(CO)CC1C2S(=O)(=O)c1cc(C(=O)Nc2cc(F)c(F)c(F)c2)ccc1N(C)C. The Kier molecular flexibility index (Phi) is 6.87. The Bertz CT molecular complexity index is 1280. The van der Waals surface area contributed by atoms with E-state index >= 15 is 0 Å². The van der Waals surface area contributed by atoms with Crippen LogP contribution < -0.4 is 10.2 Å². The van der Waals surface area contributed by atoms with Gasteiger partial charge in [0.05, 0.1) is 28.0 Å². The summed E-state index contributed by atoms with van der Waals surface area (Å²) in [7, 11) is -0.662. The number of sulfone groups is 1. The molecule has 3 N–H and O–H groups in total. The van der Waals surface area contributed by atoms with E-state index in [0.29, 0.717) is 24.2 Å². The van der Waals surface area contributed by atoms with Crippen LogP contribution in [0.1, 0.15) is 36.5 Å². The summed E-state index contributed by atoms with van der Waals surface area (Å²) in [6, 6.07) is 5.36. The molecule has 0 spiro atoms. The van der Waals surface area contributed by atoms with E-state index in [9.17, 15) is 36.6 Å². The number of rotatable bonds is 6. The van der Waals surface area contributed by atoms with Crippen LogP contribution in [0, 0.1) is 35.2 Å². The molecule has 3 unspecified atom stereocenters. The van der Waals surface area contributed by atoms with Crippen molar-refractivity contribution in [3.05, 3.63) is 53.3 Å². The summed E-state index contributed by atoms with van der Waals surface area (Å²) in [4.78, 5) is 14.4. The van der Waals surface area contributed by atoms with Crippen LogP contribution in [0.25, 0.3) is 0 Å². The Hall–Kier alpha value is -2.63. The van der Waals surface area contributed by atoms with Crippen molar-refractivity contribution >= 4 is 27.1 Å². The molecule has 11 heteroatoms. The molecule has 2 aromatic carbocycles. The number of hydrogen-bond donors (Lipinski definition) is 3. The highest BCUT2D eigenvalue weighted by Crippen LogP contribution is 2.54. The first kappa shape index (κ1) is 26.4. The summed E-state index contributed by atoms with van der Waals surface area (Å²) in [5.41, 5.74) is -1.34. The minimum atomic E-state index is -4.00. The van der Waals surface area contributed by atoms with E-state index in [2.05, 4.69) is 5.32 Å². The van der Waals surface area contributed by atoms with Crippen molar-refractivity contribution in [2.45, 2.75) is 41.9 Å². The van der Waals surface area contributed by atoms with Crippen LogP contribution in [0.5, 0.6) is 0 Å². The van der Waals surface area contributed by atoms with Crippen LogP contribution in [0.4, 0.5) is 24.5 Å². The fraction of sp³-hybridized carbons (Fsp3) is 0.480. The second-order valence-corrected chi connectivity index (χ2v) is 12.3. The zero-order valence-electron chi connectivity index (χ0n) is 20.1. The minimum absolute atomic E-state index is 0.0212. The molecule has 1 amide bonds. The molecule has 196 valence electrons. The molecule has 2 saturated carbocycles. The number of halogens is 3. The molecule has 0 aliphatic heterocycles. The van der Waals surface area contributed by atoms with E-state index in [1.807, 2.05) is 6.92 Å². The van der Waals surface area contributed by atoms with Gasteiger partial charge >= 0.3 is 0 Å². The number of hydrogen-bond acceptors (Lipinski definition) is 6. The monoisotopic (exact) mass is 526 g/mol. The zero-order valence-corrected chi connectivity index (χ0v) is 20.9. The summed E-state index contributed by atoms with van der Waals surface area (Å²) in [5, 5.41) is 21.9. The average Bonchev–Trinajstić information content (AvgIpc) is 3.04. The molecule has 2 fully saturated rings. The summed E-state index contributed by atoms with van der Waals surface area (Å²) in [6.45, 7) is 1.50. The third-order valence-electron chi connectivity index (χ3n) is 7.45. The van der Waals surface area contributed by atoms with Gasteiger partial charge in [-0.05, 0) is 55.2 Å². The van der Waals surface area contributed by atoms with Crippen LogP contribution in [0.15, 0.2) is 35.2 Å². The van der Waals surface area contributed by atoms with E-state index in [4.69, 9.17) is 0 Å². The first-order chi connectivity index (χ1) is 16.8. The molecule has 36 heavy (non-hydrogen) atoms. The molecule has 2 aliphatic rings. The molecule has 5 atom stereocenters. The van der Waals surface area contributed by atoms with Gasteiger partial charge in [0.25, 0.3) is 5.91 Å². The number of fused-ring (bicyclic) bond motifs is 2. The first-order valence-electron chi connectivity index (χ1n) is 11.6. The normalized spacial score (nSPS) is 27.7. The molecular formula is C25H29F3N2O5S. The van der Waals surface area contributed by atoms with Crippen LogP contribution in [0.2, 0.25) is 0 Å². The van der Waals surface area contributed by atoms with Crippen molar-refractivity contribution in [2.75, 3.05) is 30.9 Å². The number of carbonyl (C=O) groups excluding carboxylic acids is 1. The third kappa shape index (κ3) is 4.59. The van der Waals surface area contributed by atoms with Gasteiger partial charge in [-0.1, -0.05) is 6.92 Å². The van der Waals surface area contributed by atoms with Gasteiger partial charge in [0.15, 0.2) is 27.3 Å². The van der Waals surface area contributed by atoms with Crippen LogP contribution in [-0.4, -0.2) is 56.1 Å². The third-order valence-corrected chi connectivity index (χ3v) is 9.85. The van der Waals surface area contributed by atoms with E-state index in [1.54, 1.807) is 19.0 Å². The van der Waals surface area contributed by atoms with E-state index < -0.39 is 50.7 Å². The molecule has 4 rings (SSSR count). The summed E-state index contributed by atoms with van der Waals surface area (Å²) < 4.78 is 68.5. The standard InChI is InChI=1S/C25H29F3N2O5S/c1-13-6-15-10-25(33,12-31)11-17(13)23(15)36(34,35)21-7-14(4-5-20(21)30(2)3)24(32)29-16-8-18(26)22(28)19(27)9-16/h4-5,7-9,13,15,17,23,31,33H,6,10-12H2,1-3H3,(H,29,32)/t13-,15?,17?,23?,25+/m0/s1.